The molecule has 0 aromatic rings. The number of nitrogens with one attached hydrogen (secondary N) is 1. The lowest BCUT2D eigenvalue weighted by molar-refractivity contribution is 0.303. The molecule has 2 nitrogen and oxygen atoms in total. The van der Waals surface area contributed by atoms with Crippen LogP contribution in [-0.2, 0) is 0 Å². The predicted molar refractivity (Wildman–Crippen MR) is 52.7 cm³/mol. The summed E-state index contributed by atoms with van der Waals surface area (Å²) in [5.41, 5.74) is 0. The number of amidine groups is 1. The largest absolute Gasteiger partial charge is 0.358 e. The van der Waals surface area contributed by atoms with Crippen LogP contribution in [0.4, 0.5) is 0 Å². The Labute approximate surface area is 75.5 Å². The average molecular weight is 168 g/mol. The van der Waals surface area contributed by atoms with E-state index in [1.807, 2.05) is 6.92 Å². The van der Waals surface area contributed by atoms with Crippen LogP contribution in [0.1, 0.15) is 46.0 Å². The summed E-state index contributed by atoms with van der Waals surface area (Å²) in [6.07, 6.45) is 6.44. The molecule has 1 fully saturated rings. The van der Waals surface area contributed by atoms with E-state index in [0.29, 0.717) is 6.04 Å². The van der Waals surface area contributed by atoms with Gasteiger partial charge >= 0.3 is 0 Å². The number of likely N-dealkylation sites (tertiary alicyclic amines) is 1. The second kappa shape index (κ2) is 4.48. The number of hydrogen-bond acceptors (Lipinski definition) is 1. The Morgan fingerprint density at radius 2 is 2.17 bits per heavy atom. The molecule has 0 radical (unpaired) electrons. The molecule has 0 spiro atoms. The second-order valence-corrected chi connectivity index (χ2v) is 3.69. The van der Waals surface area contributed by atoms with Crippen molar-refractivity contribution in [3.8, 4) is 0 Å². The van der Waals surface area contributed by atoms with Crippen molar-refractivity contribution >= 4 is 5.84 Å². The molecule has 70 valence electrons. The van der Waals surface area contributed by atoms with Crippen LogP contribution in [0.2, 0.25) is 0 Å². The molecule has 0 aliphatic carbocycles. The van der Waals surface area contributed by atoms with Crippen molar-refractivity contribution in [1.29, 1.82) is 5.41 Å². The zero-order valence-electron chi connectivity index (χ0n) is 8.27. The Bertz CT molecular complexity index is 154. The first-order valence-electron chi connectivity index (χ1n) is 5.07. The molecule has 1 aliphatic rings. The van der Waals surface area contributed by atoms with Crippen LogP contribution < -0.4 is 0 Å². The summed E-state index contributed by atoms with van der Waals surface area (Å²) in [7, 11) is 0. The fourth-order valence-electron chi connectivity index (χ4n) is 2.04. The topological polar surface area (TPSA) is 27.1 Å². The molecule has 1 rings (SSSR count). The molecule has 0 amide bonds. The smallest absolute Gasteiger partial charge is 0.0928 e. The molecule has 0 saturated carbocycles. The minimum Gasteiger partial charge on any atom is -0.358 e. The molecule has 0 bridgehead atoms. The molecule has 1 unspecified atom stereocenters. The maximum absolute atomic E-state index is 7.65. The van der Waals surface area contributed by atoms with E-state index in [9.17, 15) is 0 Å². The standard InChI is InChI=1S/C10H20N2/c1-3-10-7-5-4-6-8-12(10)9(2)11/h10-11H,3-8H2,1-2H3. The van der Waals surface area contributed by atoms with Gasteiger partial charge in [0.15, 0.2) is 0 Å². The van der Waals surface area contributed by atoms with Crippen LogP contribution in [0.5, 0.6) is 0 Å². The molecule has 2 heteroatoms. The van der Waals surface area contributed by atoms with E-state index in [0.717, 1.165) is 12.4 Å². The third kappa shape index (κ3) is 2.23. The lowest BCUT2D eigenvalue weighted by atomic mass is 10.1. The van der Waals surface area contributed by atoms with Gasteiger partial charge in [0, 0.05) is 12.6 Å². The van der Waals surface area contributed by atoms with Crippen molar-refractivity contribution in [2.24, 2.45) is 0 Å². The van der Waals surface area contributed by atoms with E-state index < -0.39 is 0 Å². The van der Waals surface area contributed by atoms with E-state index in [2.05, 4.69) is 11.8 Å². The molecule has 1 N–H and O–H groups in total. The molecule has 1 heterocycles. The van der Waals surface area contributed by atoms with Gasteiger partial charge in [0.1, 0.15) is 0 Å². The van der Waals surface area contributed by atoms with Crippen LogP contribution in [0.15, 0.2) is 0 Å². The van der Waals surface area contributed by atoms with Gasteiger partial charge in [0.2, 0.25) is 0 Å². The Morgan fingerprint density at radius 3 is 2.75 bits per heavy atom. The fraction of sp³-hybridized carbons (Fsp3) is 0.900. The van der Waals surface area contributed by atoms with Gasteiger partial charge in [-0.2, -0.15) is 0 Å². The van der Waals surface area contributed by atoms with E-state index in [1.54, 1.807) is 0 Å². The summed E-state index contributed by atoms with van der Waals surface area (Å²) >= 11 is 0. The van der Waals surface area contributed by atoms with Crippen LogP contribution >= 0.6 is 0 Å². The summed E-state index contributed by atoms with van der Waals surface area (Å²) in [5, 5.41) is 7.65. The Hall–Kier alpha value is -0.530. The third-order valence-corrected chi connectivity index (χ3v) is 2.78. The minimum atomic E-state index is 0.644. The number of rotatable bonds is 1. The minimum absolute atomic E-state index is 0.644. The van der Waals surface area contributed by atoms with Crippen molar-refractivity contribution in [1.82, 2.24) is 4.90 Å². The molecule has 0 aromatic heterocycles. The molecular formula is C10H20N2. The monoisotopic (exact) mass is 168 g/mol. The quantitative estimate of drug-likeness (QED) is 0.473. The highest BCUT2D eigenvalue weighted by Gasteiger charge is 2.18. The highest BCUT2D eigenvalue weighted by Crippen LogP contribution is 2.18. The van der Waals surface area contributed by atoms with E-state index >= 15 is 0 Å². The van der Waals surface area contributed by atoms with Crippen molar-refractivity contribution in [2.75, 3.05) is 6.54 Å². The summed E-state index contributed by atoms with van der Waals surface area (Å²) in [6.45, 7) is 5.24. The van der Waals surface area contributed by atoms with Crippen LogP contribution in [0.3, 0.4) is 0 Å². The number of hydrogen-bond donors (Lipinski definition) is 1. The van der Waals surface area contributed by atoms with E-state index in [1.165, 1.54) is 32.1 Å². The van der Waals surface area contributed by atoms with E-state index in [4.69, 9.17) is 5.41 Å². The van der Waals surface area contributed by atoms with Crippen molar-refractivity contribution in [3.63, 3.8) is 0 Å². The average Bonchev–Trinajstić information content (AvgIpc) is 2.27. The van der Waals surface area contributed by atoms with Gasteiger partial charge in [-0.15, -0.1) is 0 Å². The molecular weight excluding hydrogens is 148 g/mol. The maximum atomic E-state index is 7.65. The van der Waals surface area contributed by atoms with Crippen molar-refractivity contribution in [2.45, 2.75) is 52.0 Å². The first kappa shape index (κ1) is 9.56. The fourth-order valence-corrected chi connectivity index (χ4v) is 2.04. The first-order chi connectivity index (χ1) is 5.75. The Morgan fingerprint density at radius 1 is 1.42 bits per heavy atom. The predicted octanol–water partition coefficient (Wildman–Crippen LogP) is 2.64. The first-order valence-corrected chi connectivity index (χ1v) is 5.07. The molecule has 1 saturated heterocycles. The van der Waals surface area contributed by atoms with Crippen molar-refractivity contribution < 1.29 is 0 Å². The highest BCUT2D eigenvalue weighted by atomic mass is 15.2. The number of nitrogens with zero attached hydrogens (tertiary/aromatic N) is 1. The van der Waals surface area contributed by atoms with E-state index in [-0.39, 0.29) is 0 Å². The molecule has 1 aliphatic heterocycles. The van der Waals surface area contributed by atoms with Crippen LogP contribution in [0.25, 0.3) is 0 Å². The van der Waals surface area contributed by atoms with Gasteiger partial charge in [-0.3, -0.25) is 5.41 Å². The lowest BCUT2D eigenvalue weighted by Gasteiger charge is -2.30. The second-order valence-electron chi connectivity index (χ2n) is 3.69. The normalized spacial score (nSPS) is 25.2. The SMILES string of the molecule is CCC1CCCCCN1C(C)=N. The third-order valence-electron chi connectivity index (χ3n) is 2.78. The summed E-state index contributed by atoms with van der Waals surface area (Å²) in [5.74, 6) is 0.753. The maximum Gasteiger partial charge on any atom is 0.0928 e. The van der Waals surface area contributed by atoms with Crippen molar-refractivity contribution in [3.05, 3.63) is 0 Å². The van der Waals surface area contributed by atoms with Gasteiger partial charge in [-0.05, 0) is 26.2 Å². The molecule has 12 heavy (non-hydrogen) atoms. The highest BCUT2D eigenvalue weighted by molar-refractivity contribution is 5.76. The lowest BCUT2D eigenvalue weighted by Crippen LogP contribution is -2.37. The zero-order valence-corrected chi connectivity index (χ0v) is 8.27. The van der Waals surface area contributed by atoms with Gasteiger partial charge < -0.3 is 4.90 Å². The Balaban J connectivity index is 2.57. The van der Waals surface area contributed by atoms with Gasteiger partial charge in [-0.25, -0.2) is 0 Å². The summed E-state index contributed by atoms with van der Waals surface area (Å²) in [4.78, 5) is 2.27. The Kier molecular flexibility index (Phi) is 3.57. The van der Waals surface area contributed by atoms with Crippen LogP contribution in [-0.4, -0.2) is 23.3 Å². The van der Waals surface area contributed by atoms with Crippen LogP contribution in [0, 0.1) is 5.41 Å². The van der Waals surface area contributed by atoms with Gasteiger partial charge in [0.05, 0.1) is 5.84 Å². The summed E-state index contributed by atoms with van der Waals surface area (Å²) < 4.78 is 0. The zero-order chi connectivity index (χ0) is 8.97. The summed E-state index contributed by atoms with van der Waals surface area (Å²) in [6, 6.07) is 0.644. The molecule has 0 aromatic carbocycles. The van der Waals surface area contributed by atoms with Gasteiger partial charge in [-0.1, -0.05) is 19.8 Å². The molecule has 1 atom stereocenters. The van der Waals surface area contributed by atoms with Gasteiger partial charge in [0.25, 0.3) is 0 Å².